The lowest BCUT2D eigenvalue weighted by atomic mass is 10.1. The van der Waals surface area contributed by atoms with Crippen molar-refractivity contribution >= 4 is 29.5 Å². The number of nitrogens with one attached hydrogen (secondary N) is 1. The van der Waals surface area contributed by atoms with E-state index in [1.807, 2.05) is 0 Å². The molecule has 0 aromatic heterocycles. The maximum atomic E-state index is 12.7. The summed E-state index contributed by atoms with van der Waals surface area (Å²) in [6.07, 6.45) is 11.8. The molecule has 0 bridgehead atoms. The number of hydrogen-bond acceptors (Lipinski definition) is 6. The van der Waals surface area contributed by atoms with E-state index in [0.717, 1.165) is 19.3 Å². The van der Waals surface area contributed by atoms with Crippen LogP contribution in [0.2, 0.25) is 0 Å². The summed E-state index contributed by atoms with van der Waals surface area (Å²) in [6.45, 7) is 3.10. The molecule has 0 radical (unpaired) electrons. The molecule has 34 heavy (non-hydrogen) atoms. The Morgan fingerprint density at radius 2 is 1.76 bits per heavy atom. The van der Waals surface area contributed by atoms with E-state index in [2.05, 4.69) is 12.2 Å². The predicted molar refractivity (Wildman–Crippen MR) is 129 cm³/mol. The molecule has 186 valence electrons. The zero-order valence-corrected chi connectivity index (χ0v) is 19.9. The number of esters is 1. The highest BCUT2D eigenvalue weighted by molar-refractivity contribution is 5.97. The molecule has 1 N–H and O–H groups in total. The van der Waals surface area contributed by atoms with Gasteiger partial charge in [0.1, 0.15) is 6.04 Å². The van der Waals surface area contributed by atoms with Gasteiger partial charge in [0.2, 0.25) is 11.8 Å². The summed E-state index contributed by atoms with van der Waals surface area (Å²) in [5.74, 6) is -1.29. The third-order valence-electron chi connectivity index (χ3n) is 5.76. The molecule has 2 amide bonds. The highest BCUT2D eigenvalue weighted by Crippen LogP contribution is 2.15. The van der Waals surface area contributed by atoms with Crippen molar-refractivity contribution in [1.82, 2.24) is 10.2 Å². The number of unbranched alkanes of at least 4 members (excludes halogenated alkanes) is 7. The number of benzene rings is 1. The average Bonchev–Trinajstić information content (AvgIpc) is 2.83. The van der Waals surface area contributed by atoms with Gasteiger partial charge >= 0.3 is 5.97 Å². The van der Waals surface area contributed by atoms with Gasteiger partial charge in [-0.25, -0.2) is 0 Å². The number of carbonyl (C=O) groups is 3. The fourth-order valence-corrected chi connectivity index (χ4v) is 3.79. The third-order valence-corrected chi connectivity index (χ3v) is 5.76. The molecular weight excluding hydrogens is 438 g/mol. The van der Waals surface area contributed by atoms with E-state index >= 15 is 0 Å². The van der Waals surface area contributed by atoms with E-state index < -0.39 is 22.8 Å². The Morgan fingerprint density at radius 3 is 2.41 bits per heavy atom. The summed E-state index contributed by atoms with van der Waals surface area (Å²) in [4.78, 5) is 48.9. The Bertz CT molecular complexity index is 853. The second kappa shape index (κ2) is 14.8. The molecule has 2 rings (SSSR count). The molecule has 1 unspecified atom stereocenters. The Kier molecular flexibility index (Phi) is 11.8. The number of amides is 2. The van der Waals surface area contributed by atoms with Gasteiger partial charge in [0.25, 0.3) is 5.69 Å². The maximum Gasteiger partial charge on any atom is 0.308 e. The molecular formula is C25H35N3O6. The number of nitrogens with zero attached hydrogens (tertiary/aromatic N) is 2. The minimum atomic E-state index is -0.922. The van der Waals surface area contributed by atoms with Crippen LogP contribution in [0.1, 0.15) is 70.3 Å². The first kappa shape index (κ1) is 27.0. The van der Waals surface area contributed by atoms with Gasteiger partial charge in [-0.05, 0) is 30.2 Å². The molecule has 0 spiro atoms. The Hall–Kier alpha value is -3.23. The largest absolute Gasteiger partial charge is 0.466 e. The molecule has 1 fully saturated rings. The van der Waals surface area contributed by atoms with Crippen molar-refractivity contribution in [3.8, 4) is 0 Å². The summed E-state index contributed by atoms with van der Waals surface area (Å²) in [6, 6.07) is 4.84. The quantitative estimate of drug-likeness (QED) is 0.143. The highest BCUT2D eigenvalue weighted by atomic mass is 16.6. The molecule has 1 aliphatic heterocycles. The molecule has 1 aromatic carbocycles. The second-order valence-electron chi connectivity index (χ2n) is 8.42. The molecule has 9 nitrogen and oxygen atoms in total. The Morgan fingerprint density at radius 1 is 1.12 bits per heavy atom. The number of piperazine rings is 1. The lowest BCUT2D eigenvalue weighted by Gasteiger charge is -2.33. The SMILES string of the molecule is CCCCCCCCCCOC(=O)CC1C(=O)NCCN1C(=O)/C=C/c1ccc([N+](=O)[O-])cc1. The number of hydrogen-bond donors (Lipinski definition) is 1. The molecule has 0 aliphatic carbocycles. The topological polar surface area (TPSA) is 119 Å². The van der Waals surface area contributed by atoms with Crippen LogP contribution in [-0.2, 0) is 19.1 Å². The summed E-state index contributed by atoms with van der Waals surface area (Å²) < 4.78 is 5.30. The van der Waals surface area contributed by atoms with E-state index in [1.54, 1.807) is 0 Å². The minimum Gasteiger partial charge on any atom is -0.466 e. The zero-order chi connectivity index (χ0) is 24.8. The van der Waals surface area contributed by atoms with Gasteiger partial charge in [-0.2, -0.15) is 0 Å². The highest BCUT2D eigenvalue weighted by Gasteiger charge is 2.34. The normalized spacial score (nSPS) is 15.9. The molecule has 0 saturated carbocycles. The first-order valence-electron chi connectivity index (χ1n) is 12.1. The van der Waals surface area contributed by atoms with Gasteiger partial charge in [0.05, 0.1) is 18.0 Å². The van der Waals surface area contributed by atoms with Crippen molar-refractivity contribution in [2.45, 2.75) is 70.8 Å². The lowest BCUT2D eigenvalue weighted by molar-refractivity contribution is -0.384. The van der Waals surface area contributed by atoms with Crippen LogP contribution in [0.25, 0.3) is 6.08 Å². The van der Waals surface area contributed by atoms with Crippen molar-refractivity contribution in [1.29, 1.82) is 0 Å². The van der Waals surface area contributed by atoms with Crippen LogP contribution in [0.3, 0.4) is 0 Å². The zero-order valence-electron chi connectivity index (χ0n) is 19.9. The fourth-order valence-electron chi connectivity index (χ4n) is 3.79. The van der Waals surface area contributed by atoms with Crippen molar-refractivity contribution in [2.75, 3.05) is 19.7 Å². The first-order valence-corrected chi connectivity index (χ1v) is 12.1. The fraction of sp³-hybridized carbons (Fsp3) is 0.560. The number of nitro benzene ring substituents is 1. The summed E-state index contributed by atoms with van der Waals surface area (Å²) in [5.41, 5.74) is 0.573. The first-order chi connectivity index (χ1) is 16.4. The van der Waals surface area contributed by atoms with Crippen LogP contribution in [-0.4, -0.2) is 53.3 Å². The Balaban J connectivity index is 1.79. The van der Waals surface area contributed by atoms with Gasteiger partial charge in [-0.1, -0.05) is 51.9 Å². The van der Waals surface area contributed by atoms with Gasteiger partial charge in [0.15, 0.2) is 0 Å². The van der Waals surface area contributed by atoms with E-state index in [4.69, 9.17) is 4.74 Å². The lowest BCUT2D eigenvalue weighted by Crippen LogP contribution is -2.57. The van der Waals surface area contributed by atoms with Gasteiger partial charge < -0.3 is 15.0 Å². The summed E-state index contributed by atoms with van der Waals surface area (Å²) in [7, 11) is 0. The molecule has 1 heterocycles. The minimum absolute atomic E-state index is 0.0401. The van der Waals surface area contributed by atoms with Crippen molar-refractivity contribution < 1.29 is 24.0 Å². The van der Waals surface area contributed by atoms with Crippen LogP contribution >= 0.6 is 0 Å². The number of nitro groups is 1. The van der Waals surface area contributed by atoms with Crippen LogP contribution < -0.4 is 5.32 Å². The molecule has 1 atom stereocenters. The van der Waals surface area contributed by atoms with E-state index in [0.29, 0.717) is 18.7 Å². The predicted octanol–water partition coefficient (Wildman–Crippen LogP) is 4.01. The maximum absolute atomic E-state index is 12.7. The molecule has 1 aromatic rings. The van der Waals surface area contributed by atoms with E-state index in [1.165, 1.54) is 73.4 Å². The summed E-state index contributed by atoms with van der Waals surface area (Å²) >= 11 is 0. The standard InChI is InChI=1S/C25H35N3O6/c1-2-3-4-5-6-7-8-9-18-34-24(30)19-22-25(31)26-16-17-27(22)23(29)15-12-20-10-13-21(14-11-20)28(32)33/h10-15,22H,2-9,16-19H2,1H3,(H,26,31)/b15-12+. The van der Waals surface area contributed by atoms with Crippen LogP contribution in [0.5, 0.6) is 0 Å². The smallest absolute Gasteiger partial charge is 0.308 e. The van der Waals surface area contributed by atoms with E-state index in [9.17, 15) is 24.5 Å². The molecule has 1 aliphatic rings. The average molecular weight is 474 g/mol. The monoisotopic (exact) mass is 473 g/mol. The number of ether oxygens (including phenoxy) is 1. The number of non-ortho nitro benzene ring substituents is 1. The van der Waals surface area contributed by atoms with Gasteiger partial charge in [-0.3, -0.25) is 24.5 Å². The van der Waals surface area contributed by atoms with Crippen molar-refractivity contribution in [3.05, 3.63) is 46.0 Å². The Labute approximate surface area is 200 Å². The third kappa shape index (κ3) is 9.33. The van der Waals surface area contributed by atoms with Gasteiger partial charge in [0, 0.05) is 31.3 Å². The van der Waals surface area contributed by atoms with Crippen LogP contribution in [0.4, 0.5) is 5.69 Å². The number of carbonyl (C=O) groups excluding carboxylic acids is 3. The van der Waals surface area contributed by atoms with Gasteiger partial charge in [-0.15, -0.1) is 0 Å². The summed E-state index contributed by atoms with van der Waals surface area (Å²) in [5, 5.41) is 13.4. The number of rotatable bonds is 14. The molecule has 9 heteroatoms. The van der Waals surface area contributed by atoms with Crippen molar-refractivity contribution in [3.63, 3.8) is 0 Å². The van der Waals surface area contributed by atoms with Crippen LogP contribution in [0, 0.1) is 10.1 Å². The van der Waals surface area contributed by atoms with Crippen molar-refractivity contribution in [2.24, 2.45) is 0 Å². The van der Waals surface area contributed by atoms with Crippen LogP contribution in [0.15, 0.2) is 30.3 Å². The second-order valence-corrected chi connectivity index (χ2v) is 8.42. The molecule has 1 saturated heterocycles. The van der Waals surface area contributed by atoms with E-state index in [-0.39, 0.29) is 24.6 Å².